The Balaban J connectivity index is 2.55. The van der Waals surface area contributed by atoms with Gasteiger partial charge in [0.05, 0.1) is 6.54 Å². The lowest BCUT2D eigenvalue weighted by Crippen LogP contribution is -2.47. The van der Waals surface area contributed by atoms with Gasteiger partial charge < -0.3 is 10.5 Å². The van der Waals surface area contributed by atoms with Crippen LogP contribution in [0.1, 0.15) is 26.3 Å². The maximum Gasteiger partial charge on any atom is 0.148 e. The molecule has 1 aromatic rings. The first-order valence-electron chi connectivity index (χ1n) is 6.77. The molecule has 2 nitrogen and oxygen atoms in total. The minimum Gasteiger partial charge on any atom is -0.481 e. The van der Waals surface area contributed by atoms with Gasteiger partial charge in [0, 0.05) is 5.56 Å². The van der Waals surface area contributed by atoms with E-state index in [0.29, 0.717) is 11.6 Å². The molecule has 0 aliphatic carbocycles. The second-order valence-corrected chi connectivity index (χ2v) is 11.4. The summed E-state index contributed by atoms with van der Waals surface area (Å²) >= 11 is 0. The van der Waals surface area contributed by atoms with E-state index in [1.165, 1.54) is 5.56 Å². The summed E-state index contributed by atoms with van der Waals surface area (Å²) in [7, 11) is -1.51. The SMILES string of the molecule is CC(C)(C)[Si](C)(C)C#CCOc1ccc(C[NH3+])cc1. The van der Waals surface area contributed by atoms with Crippen LogP contribution in [0.25, 0.3) is 0 Å². The molecule has 0 atom stereocenters. The van der Waals surface area contributed by atoms with E-state index in [1.54, 1.807) is 0 Å². The zero-order valence-corrected chi connectivity index (χ0v) is 13.8. The number of ether oxygens (including phenoxy) is 1. The van der Waals surface area contributed by atoms with Crippen molar-refractivity contribution < 1.29 is 10.5 Å². The lowest BCUT2D eigenvalue weighted by atomic mass is 10.2. The molecule has 3 heteroatoms. The molecule has 0 bridgehead atoms. The Morgan fingerprint density at radius 1 is 1.16 bits per heavy atom. The third-order valence-electron chi connectivity index (χ3n) is 3.80. The van der Waals surface area contributed by atoms with Gasteiger partial charge in [-0.1, -0.05) is 39.8 Å². The summed E-state index contributed by atoms with van der Waals surface area (Å²) in [6.45, 7) is 12.7. The second-order valence-electron chi connectivity index (χ2n) is 6.36. The number of rotatable bonds is 3. The van der Waals surface area contributed by atoms with Gasteiger partial charge >= 0.3 is 0 Å². The summed E-state index contributed by atoms with van der Waals surface area (Å²) in [4.78, 5) is 0. The van der Waals surface area contributed by atoms with Gasteiger partial charge in [-0.05, 0) is 29.3 Å². The molecule has 0 saturated carbocycles. The third-order valence-corrected chi connectivity index (χ3v) is 8.35. The average Bonchev–Trinajstić information content (AvgIpc) is 2.34. The Kier molecular flexibility index (Phi) is 5.22. The molecule has 1 rings (SSSR count). The lowest BCUT2D eigenvalue weighted by Gasteiger charge is -2.31. The molecule has 0 radical (unpaired) electrons. The first-order chi connectivity index (χ1) is 8.76. The first kappa shape index (κ1) is 15.8. The highest BCUT2D eigenvalue weighted by Gasteiger charge is 2.33. The van der Waals surface area contributed by atoms with E-state index in [0.717, 1.165) is 12.3 Å². The van der Waals surface area contributed by atoms with Crippen LogP contribution in [-0.2, 0) is 6.54 Å². The van der Waals surface area contributed by atoms with Crippen LogP contribution in [0.4, 0.5) is 0 Å². The maximum atomic E-state index is 5.64. The van der Waals surface area contributed by atoms with E-state index < -0.39 is 8.07 Å². The molecular formula is C16H26NOSi+. The predicted molar refractivity (Wildman–Crippen MR) is 83.5 cm³/mol. The van der Waals surface area contributed by atoms with E-state index in [4.69, 9.17) is 4.74 Å². The molecule has 104 valence electrons. The molecule has 19 heavy (non-hydrogen) atoms. The molecule has 0 aliphatic rings. The molecule has 0 aromatic heterocycles. The molecule has 0 unspecified atom stereocenters. The molecule has 0 fully saturated rings. The fourth-order valence-electron chi connectivity index (χ4n) is 1.32. The smallest absolute Gasteiger partial charge is 0.148 e. The molecule has 0 spiro atoms. The summed E-state index contributed by atoms with van der Waals surface area (Å²) < 4.78 is 5.64. The van der Waals surface area contributed by atoms with Crippen LogP contribution in [0.2, 0.25) is 18.1 Å². The molecule has 3 N–H and O–H groups in total. The van der Waals surface area contributed by atoms with E-state index in [-0.39, 0.29) is 0 Å². The van der Waals surface area contributed by atoms with Gasteiger partial charge in [-0.15, -0.1) is 5.54 Å². The molecular weight excluding hydrogens is 250 g/mol. The Labute approximate surface area is 118 Å². The van der Waals surface area contributed by atoms with Crippen LogP contribution in [0.15, 0.2) is 24.3 Å². The lowest BCUT2D eigenvalue weighted by molar-refractivity contribution is -0.386. The van der Waals surface area contributed by atoms with Gasteiger partial charge in [0.25, 0.3) is 0 Å². The van der Waals surface area contributed by atoms with Crippen LogP contribution in [0.5, 0.6) is 5.75 Å². The quantitative estimate of drug-likeness (QED) is 0.669. The van der Waals surface area contributed by atoms with Crippen molar-refractivity contribution in [2.24, 2.45) is 0 Å². The van der Waals surface area contributed by atoms with E-state index in [9.17, 15) is 0 Å². The largest absolute Gasteiger partial charge is 0.481 e. The van der Waals surface area contributed by atoms with Crippen molar-refractivity contribution in [3.63, 3.8) is 0 Å². The number of benzene rings is 1. The second kappa shape index (κ2) is 6.27. The zero-order valence-electron chi connectivity index (χ0n) is 12.8. The van der Waals surface area contributed by atoms with Crippen LogP contribution in [0.3, 0.4) is 0 Å². The highest BCUT2D eigenvalue weighted by molar-refractivity contribution is 6.87. The highest BCUT2D eigenvalue weighted by atomic mass is 28.3. The number of hydrogen-bond donors (Lipinski definition) is 1. The minimum absolute atomic E-state index is 0.301. The summed E-state index contributed by atoms with van der Waals surface area (Å²) in [5.74, 6) is 4.06. The van der Waals surface area contributed by atoms with Crippen molar-refractivity contribution in [3.05, 3.63) is 29.8 Å². The molecule has 0 amide bonds. The Bertz CT molecular complexity index is 460. The molecule has 0 heterocycles. The number of hydrogen-bond acceptors (Lipinski definition) is 1. The average molecular weight is 276 g/mol. The molecule has 0 saturated heterocycles. The van der Waals surface area contributed by atoms with Gasteiger partial charge in [0.2, 0.25) is 0 Å². The van der Waals surface area contributed by atoms with Gasteiger partial charge in [0.1, 0.15) is 20.4 Å². The molecule has 1 aromatic carbocycles. The van der Waals surface area contributed by atoms with Gasteiger partial charge in [-0.25, -0.2) is 0 Å². The van der Waals surface area contributed by atoms with Gasteiger partial charge in [0.15, 0.2) is 0 Å². The van der Waals surface area contributed by atoms with E-state index >= 15 is 0 Å². The predicted octanol–water partition coefficient (Wildman–Crippen LogP) is 2.86. The van der Waals surface area contributed by atoms with Crippen molar-refractivity contribution in [1.82, 2.24) is 0 Å². The fourth-order valence-corrected chi connectivity index (χ4v) is 2.21. The van der Waals surface area contributed by atoms with Crippen molar-refractivity contribution in [3.8, 4) is 17.2 Å². The van der Waals surface area contributed by atoms with E-state index in [1.807, 2.05) is 24.3 Å². The number of quaternary nitrogens is 1. The molecule has 0 aliphatic heterocycles. The summed E-state index contributed by atoms with van der Waals surface area (Å²) in [6, 6.07) is 8.05. The Morgan fingerprint density at radius 3 is 2.21 bits per heavy atom. The summed E-state index contributed by atoms with van der Waals surface area (Å²) in [5.41, 5.74) is 8.52. The van der Waals surface area contributed by atoms with Crippen LogP contribution < -0.4 is 10.5 Å². The van der Waals surface area contributed by atoms with Crippen molar-refractivity contribution in [2.75, 3.05) is 6.61 Å². The summed E-state index contributed by atoms with van der Waals surface area (Å²) in [6.07, 6.45) is 0. The zero-order chi connectivity index (χ0) is 14.5. The highest BCUT2D eigenvalue weighted by Crippen LogP contribution is 2.35. The maximum absolute atomic E-state index is 5.64. The minimum atomic E-state index is -1.51. The first-order valence-corrected chi connectivity index (χ1v) is 9.77. The Morgan fingerprint density at radius 2 is 1.74 bits per heavy atom. The fraction of sp³-hybridized carbons (Fsp3) is 0.500. The van der Waals surface area contributed by atoms with Crippen LogP contribution >= 0.6 is 0 Å². The van der Waals surface area contributed by atoms with Crippen molar-refractivity contribution in [1.29, 1.82) is 0 Å². The van der Waals surface area contributed by atoms with E-state index in [2.05, 4.69) is 51.1 Å². The standard InChI is InChI=1S/C16H25NOSi/c1-16(2,3)19(4,5)12-6-11-18-15-9-7-14(13-17)8-10-15/h7-10H,11,13,17H2,1-5H3/p+1. The van der Waals surface area contributed by atoms with Crippen LogP contribution in [-0.4, -0.2) is 14.7 Å². The third kappa shape index (κ3) is 4.74. The van der Waals surface area contributed by atoms with Crippen LogP contribution in [0, 0.1) is 11.5 Å². The topological polar surface area (TPSA) is 36.9 Å². The normalized spacial score (nSPS) is 11.7. The Hall–Kier alpha value is -1.24. The van der Waals surface area contributed by atoms with Gasteiger partial charge in [-0.3, -0.25) is 0 Å². The van der Waals surface area contributed by atoms with Gasteiger partial charge in [-0.2, -0.15) is 0 Å². The van der Waals surface area contributed by atoms with Crippen molar-refractivity contribution in [2.45, 2.75) is 45.4 Å². The monoisotopic (exact) mass is 276 g/mol. The van der Waals surface area contributed by atoms with Crippen molar-refractivity contribution >= 4 is 8.07 Å². The summed E-state index contributed by atoms with van der Waals surface area (Å²) in [5, 5.41) is 0.301.